The number of aromatic nitrogens is 6. The minimum Gasteiger partial charge on any atom is -0.356 e. The van der Waals surface area contributed by atoms with Crippen LogP contribution >= 0.6 is 0 Å². The van der Waals surface area contributed by atoms with E-state index >= 15 is 0 Å². The molecule has 2 atom stereocenters. The first kappa shape index (κ1) is 17.6. The van der Waals surface area contributed by atoms with Gasteiger partial charge in [-0.15, -0.1) is 0 Å². The Labute approximate surface area is 165 Å². The fourth-order valence-electron chi connectivity index (χ4n) is 3.80. The predicted octanol–water partition coefficient (Wildman–Crippen LogP) is 2.01. The maximum Gasteiger partial charge on any atom is 0.258 e. The second kappa shape index (κ2) is 6.82. The number of aromatic amines is 1. The largest absolute Gasteiger partial charge is 0.356 e. The Balaban J connectivity index is 1.55. The van der Waals surface area contributed by atoms with Gasteiger partial charge in [0.25, 0.3) is 5.89 Å². The van der Waals surface area contributed by atoms with Gasteiger partial charge in [-0.2, -0.15) is 10.1 Å². The standard InChI is InChI=1S/C19H19N7O3/c1-3-26-14(27)10-28-16(15(26)11-8-22-25(2)9-11)19-23-18(24-29-19)13-5-7-21-17-12(13)4-6-20-17/h4-9,15-16H,3,10H2,1-2H3,(H,20,21)/t15-,16+/m1/s1. The van der Waals surface area contributed by atoms with Gasteiger partial charge in [-0.25, -0.2) is 4.98 Å². The first-order valence-electron chi connectivity index (χ1n) is 9.31. The summed E-state index contributed by atoms with van der Waals surface area (Å²) in [6.45, 7) is 2.43. The first-order chi connectivity index (χ1) is 14.2. The maximum absolute atomic E-state index is 12.4. The van der Waals surface area contributed by atoms with Crippen LogP contribution in [0.1, 0.15) is 30.5 Å². The number of aryl methyl sites for hydroxylation is 1. The molecule has 0 spiro atoms. The SMILES string of the molecule is CCN1C(=O)CO[C@H](c2nc(-c3ccnc4[nH]ccc34)no2)[C@H]1c1cnn(C)c1. The molecule has 1 aliphatic rings. The normalized spacial score (nSPS) is 19.9. The van der Waals surface area contributed by atoms with Crippen LogP contribution in [0.25, 0.3) is 22.4 Å². The van der Waals surface area contributed by atoms with E-state index in [9.17, 15) is 4.79 Å². The second-order valence-electron chi connectivity index (χ2n) is 6.86. The number of nitrogens with zero attached hydrogens (tertiary/aromatic N) is 6. The molecule has 1 N–H and O–H groups in total. The maximum atomic E-state index is 12.4. The zero-order valence-electron chi connectivity index (χ0n) is 15.9. The number of hydrogen-bond donors (Lipinski definition) is 1. The van der Waals surface area contributed by atoms with Gasteiger partial charge in [0.05, 0.1) is 12.2 Å². The number of nitrogens with one attached hydrogen (secondary N) is 1. The molecule has 1 saturated heterocycles. The summed E-state index contributed by atoms with van der Waals surface area (Å²) in [4.78, 5) is 26.2. The monoisotopic (exact) mass is 393 g/mol. The molecule has 4 aromatic rings. The van der Waals surface area contributed by atoms with Crippen molar-refractivity contribution < 1.29 is 14.1 Å². The number of carbonyl (C=O) groups is 1. The Morgan fingerprint density at radius 2 is 2.24 bits per heavy atom. The Morgan fingerprint density at radius 1 is 1.34 bits per heavy atom. The van der Waals surface area contributed by atoms with Gasteiger partial charge >= 0.3 is 0 Å². The number of morpholine rings is 1. The summed E-state index contributed by atoms with van der Waals surface area (Å²) in [5, 5.41) is 9.30. The molecule has 0 saturated carbocycles. The number of hydrogen-bond acceptors (Lipinski definition) is 7. The van der Waals surface area contributed by atoms with Crippen molar-refractivity contribution >= 4 is 16.9 Å². The first-order valence-corrected chi connectivity index (χ1v) is 9.31. The van der Waals surface area contributed by atoms with E-state index in [4.69, 9.17) is 9.26 Å². The van der Waals surface area contributed by atoms with Crippen LogP contribution in [0.5, 0.6) is 0 Å². The van der Waals surface area contributed by atoms with E-state index in [-0.39, 0.29) is 12.5 Å². The number of H-pyrrole nitrogens is 1. The fourth-order valence-corrected chi connectivity index (χ4v) is 3.80. The van der Waals surface area contributed by atoms with E-state index < -0.39 is 12.1 Å². The molecule has 0 unspecified atom stereocenters. The topological polar surface area (TPSA) is 115 Å². The molecule has 29 heavy (non-hydrogen) atoms. The number of rotatable bonds is 4. The third kappa shape index (κ3) is 2.88. The minimum atomic E-state index is -0.582. The van der Waals surface area contributed by atoms with Crippen LogP contribution in [-0.4, -0.2) is 53.8 Å². The van der Waals surface area contributed by atoms with Gasteiger partial charge in [-0.3, -0.25) is 9.48 Å². The van der Waals surface area contributed by atoms with Gasteiger partial charge in [0.1, 0.15) is 12.3 Å². The average molecular weight is 393 g/mol. The number of amides is 1. The van der Waals surface area contributed by atoms with Crippen LogP contribution in [0.2, 0.25) is 0 Å². The molecule has 0 aromatic carbocycles. The van der Waals surface area contributed by atoms with Crippen LogP contribution in [-0.2, 0) is 16.6 Å². The van der Waals surface area contributed by atoms with Gasteiger partial charge in [0, 0.05) is 48.7 Å². The number of pyridine rings is 1. The highest BCUT2D eigenvalue weighted by Gasteiger charge is 2.41. The van der Waals surface area contributed by atoms with Crippen molar-refractivity contribution in [3.05, 3.63) is 48.4 Å². The van der Waals surface area contributed by atoms with Crippen molar-refractivity contribution in [3.63, 3.8) is 0 Å². The van der Waals surface area contributed by atoms with Crippen molar-refractivity contribution in [1.82, 2.24) is 34.8 Å². The molecule has 10 nitrogen and oxygen atoms in total. The van der Waals surface area contributed by atoms with Crippen molar-refractivity contribution in [2.24, 2.45) is 7.05 Å². The summed E-state index contributed by atoms with van der Waals surface area (Å²) < 4.78 is 13.1. The third-order valence-corrected chi connectivity index (χ3v) is 5.12. The fraction of sp³-hybridized carbons (Fsp3) is 0.316. The van der Waals surface area contributed by atoms with Gasteiger partial charge < -0.3 is 19.1 Å². The molecular weight excluding hydrogens is 374 g/mol. The Kier molecular flexibility index (Phi) is 4.13. The Morgan fingerprint density at radius 3 is 3.03 bits per heavy atom. The molecule has 10 heteroatoms. The van der Waals surface area contributed by atoms with Crippen molar-refractivity contribution in [3.8, 4) is 11.4 Å². The molecule has 5 rings (SSSR count). The second-order valence-corrected chi connectivity index (χ2v) is 6.86. The molecule has 1 amide bonds. The lowest BCUT2D eigenvalue weighted by atomic mass is 10.0. The zero-order valence-corrected chi connectivity index (χ0v) is 15.9. The molecule has 1 fully saturated rings. The minimum absolute atomic E-state index is 0.0374. The van der Waals surface area contributed by atoms with E-state index in [1.807, 2.05) is 38.5 Å². The van der Waals surface area contributed by atoms with E-state index in [0.29, 0.717) is 18.3 Å². The Bertz CT molecular complexity index is 1180. The van der Waals surface area contributed by atoms with Crippen molar-refractivity contribution in [2.45, 2.75) is 19.1 Å². The lowest BCUT2D eigenvalue weighted by Crippen LogP contribution is -2.45. The summed E-state index contributed by atoms with van der Waals surface area (Å²) in [6.07, 6.45) is 6.52. The lowest BCUT2D eigenvalue weighted by Gasteiger charge is -2.38. The number of ether oxygens (including phenoxy) is 1. The lowest BCUT2D eigenvalue weighted by molar-refractivity contribution is -0.160. The zero-order chi connectivity index (χ0) is 20.0. The summed E-state index contributed by atoms with van der Waals surface area (Å²) in [5.74, 6) is 0.682. The molecular formula is C19H19N7O3. The van der Waals surface area contributed by atoms with E-state index in [2.05, 4.69) is 25.2 Å². The predicted molar refractivity (Wildman–Crippen MR) is 101 cm³/mol. The summed E-state index contributed by atoms with van der Waals surface area (Å²) >= 11 is 0. The molecule has 5 heterocycles. The molecule has 4 aromatic heterocycles. The highest BCUT2D eigenvalue weighted by atomic mass is 16.5. The van der Waals surface area contributed by atoms with Crippen LogP contribution in [0, 0.1) is 0 Å². The van der Waals surface area contributed by atoms with Crippen LogP contribution in [0.4, 0.5) is 0 Å². The number of fused-ring (bicyclic) bond motifs is 1. The van der Waals surface area contributed by atoms with Crippen LogP contribution in [0.3, 0.4) is 0 Å². The molecule has 1 aliphatic heterocycles. The van der Waals surface area contributed by atoms with E-state index in [1.54, 1.807) is 22.0 Å². The van der Waals surface area contributed by atoms with Crippen LogP contribution < -0.4 is 0 Å². The average Bonchev–Trinajstić information content (AvgIpc) is 3.47. The quantitative estimate of drug-likeness (QED) is 0.564. The summed E-state index contributed by atoms with van der Waals surface area (Å²) in [5.41, 5.74) is 2.41. The molecule has 148 valence electrons. The van der Waals surface area contributed by atoms with Gasteiger partial charge in [0.2, 0.25) is 11.7 Å². The van der Waals surface area contributed by atoms with Crippen molar-refractivity contribution in [1.29, 1.82) is 0 Å². The molecule has 0 aliphatic carbocycles. The van der Waals surface area contributed by atoms with E-state index in [0.717, 1.165) is 22.2 Å². The molecule has 0 radical (unpaired) electrons. The number of carbonyl (C=O) groups excluding carboxylic acids is 1. The van der Waals surface area contributed by atoms with E-state index in [1.165, 1.54) is 0 Å². The molecule has 0 bridgehead atoms. The van der Waals surface area contributed by atoms with Gasteiger partial charge in [0.15, 0.2) is 6.10 Å². The number of likely N-dealkylation sites (N-methyl/N-ethyl adjacent to an activating group) is 1. The van der Waals surface area contributed by atoms with Gasteiger partial charge in [-0.05, 0) is 19.1 Å². The Hall–Kier alpha value is -3.53. The summed E-state index contributed by atoms with van der Waals surface area (Å²) in [7, 11) is 1.83. The smallest absolute Gasteiger partial charge is 0.258 e. The highest BCUT2D eigenvalue weighted by molar-refractivity contribution is 5.90. The van der Waals surface area contributed by atoms with Crippen LogP contribution in [0.15, 0.2) is 41.4 Å². The van der Waals surface area contributed by atoms with Gasteiger partial charge in [-0.1, -0.05) is 5.16 Å². The van der Waals surface area contributed by atoms with Crippen molar-refractivity contribution in [2.75, 3.05) is 13.2 Å². The highest BCUT2D eigenvalue weighted by Crippen LogP contribution is 2.39. The third-order valence-electron chi connectivity index (χ3n) is 5.12. The summed E-state index contributed by atoms with van der Waals surface area (Å²) in [6, 6.07) is 3.36.